The largest absolute Gasteiger partial charge is 0.480 e. The van der Waals surface area contributed by atoms with E-state index in [9.17, 15) is 4.79 Å². The lowest BCUT2D eigenvalue weighted by Crippen LogP contribution is -2.36. The van der Waals surface area contributed by atoms with E-state index in [-0.39, 0.29) is 0 Å². The average Bonchev–Trinajstić information content (AvgIpc) is 2.33. The molecule has 0 saturated heterocycles. The molecular formula is C12H15Cl2NO2S. The fourth-order valence-electron chi connectivity index (χ4n) is 1.46. The van der Waals surface area contributed by atoms with Gasteiger partial charge in [-0.2, -0.15) is 11.8 Å². The Balaban J connectivity index is 2.60. The lowest BCUT2D eigenvalue weighted by atomic mass is 10.2. The van der Waals surface area contributed by atoms with Gasteiger partial charge in [0.15, 0.2) is 0 Å². The standard InChI is InChI=1S/C12H15Cl2NO2S/c1-18-5-4-11(12(16)17)15-7-8-6-9(13)2-3-10(8)14/h2-3,6,11,15H,4-5,7H2,1H3,(H,16,17)/t11-/m1/s1. The van der Waals surface area contributed by atoms with Crippen LogP contribution in [0.15, 0.2) is 18.2 Å². The van der Waals surface area contributed by atoms with Crippen LogP contribution in [0, 0.1) is 0 Å². The Morgan fingerprint density at radius 1 is 1.50 bits per heavy atom. The van der Waals surface area contributed by atoms with E-state index >= 15 is 0 Å². The van der Waals surface area contributed by atoms with Crippen LogP contribution in [0.25, 0.3) is 0 Å². The Morgan fingerprint density at radius 2 is 2.22 bits per heavy atom. The van der Waals surface area contributed by atoms with E-state index in [0.717, 1.165) is 11.3 Å². The summed E-state index contributed by atoms with van der Waals surface area (Å²) in [5.74, 6) is -0.0463. The van der Waals surface area contributed by atoms with Gasteiger partial charge in [-0.25, -0.2) is 0 Å². The molecule has 0 unspecified atom stereocenters. The van der Waals surface area contributed by atoms with Crippen molar-refractivity contribution in [3.05, 3.63) is 33.8 Å². The molecular weight excluding hydrogens is 293 g/mol. The number of carboxylic acid groups (broad SMARTS) is 1. The topological polar surface area (TPSA) is 49.3 Å². The van der Waals surface area contributed by atoms with E-state index in [0.29, 0.717) is 23.0 Å². The second-order valence-corrected chi connectivity index (χ2v) is 5.62. The van der Waals surface area contributed by atoms with Crippen molar-refractivity contribution in [3.8, 4) is 0 Å². The summed E-state index contributed by atoms with van der Waals surface area (Å²) in [6, 6.07) is 4.59. The van der Waals surface area contributed by atoms with Crippen LogP contribution in [0.2, 0.25) is 10.0 Å². The number of benzene rings is 1. The summed E-state index contributed by atoms with van der Waals surface area (Å²) in [6.07, 6.45) is 2.53. The maximum Gasteiger partial charge on any atom is 0.320 e. The molecule has 0 aromatic heterocycles. The van der Waals surface area contributed by atoms with Crippen molar-refractivity contribution >= 4 is 40.9 Å². The van der Waals surface area contributed by atoms with Crippen molar-refractivity contribution in [1.29, 1.82) is 0 Å². The fourth-order valence-corrected chi connectivity index (χ4v) is 2.31. The van der Waals surface area contributed by atoms with E-state index in [1.165, 1.54) is 0 Å². The minimum atomic E-state index is -0.845. The highest BCUT2D eigenvalue weighted by atomic mass is 35.5. The number of halogens is 2. The van der Waals surface area contributed by atoms with Gasteiger partial charge in [-0.05, 0) is 42.2 Å². The van der Waals surface area contributed by atoms with Gasteiger partial charge in [0.25, 0.3) is 0 Å². The third-order valence-electron chi connectivity index (χ3n) is 2.46. The van der Waals surface area contributed by atoms with Gasteiger partial charge in [0.2, 0.25) is 0 Å². The van der Waals surface area contributed by atoms with Crippen LogP contribution in [-0.4, -0.2) is 29.1 Å². The zero-order valence-electron chi connectivity index (χ0n) is 9.95. The van der Waals surface area contributed by atoms with E-state index in [2.05, 4.69) is 5.32 Å². The first-order valence-corrected chi connectivity index (χ1v) is 7.58. The number of rotatable bonds is 7. The van der Waals surface area contributed by atoms with Crippen LogP contribution < -0.4 is 5.32 Å². The Kier molecular flexibility index (Phi) is 6.86. The Bertz CT molecular complexity index is 415. The summed E-state index contributed by atoms with van der Waals surface area (Å²) in [4.78, 5) is 11.0. The molecule has 0 saturated carbocycles. The molecule has 18 heavy (non-hydrogen) atoms. The highest BCUT2D eigenvalue weighted by molar-refractivity contribution is 7.98. The summed E-state index contributed by atoms with van der Waals surface area (Å²) < 4.78 is 0. The number of carbonyl (C=O) groups is 1. The van der Waals surface area contributed by atoms with Crippen molar-refractivity contribution in [1.82, 2.24) is 5.32 Å². The average molecular weight is 308 g/mol. The van der Waals surface area contributed by atoms with Crippen molar-refractivity contribution in [2.75, 3.05) is 12.0 Å². The number of thioether (sulfide) groups is 1. The molecule has 2 N–H and O–H groups in total. The molecule has 6 heteroatoms. The zero-order valence-corrected chi connectivity index (χ0v) is 12.3. The van der Waals surface area contributed by atoms with Crippen molar-refractivity contribution < 1.29 is 9.90 Å². The molecule has 3 nitrogen and oxygen atoms in total. The smallest absolute Gasteiger partial charge is 0.320 e. The maximum absolute atomic E-state index is 11.0. The molecule has 0 fully saturated rings. The molecule has 0 bridgehead atoms. The van der Waals surface area contributed by atoms with Gasteiger partial charge in [0, 0.05) is 16.6 Å². The molecule has 1 atom stereocenters. The highest BCUT2D eigenvalue weighted by Crippen LogP contribution is 2.20. The molecule has 0 spiro atoms. The Morgan fingerprint density at radius 3 is 2.83 bits per heavy atom. The molecule has 1 aromatic carbocycles. The van der Waals surface area contributed by atoms with Gasteiger partial charge >= 0.3 is 5.97 Å². The molecule has 0 amide bonds. The van der Waals surface area contributed by atoms with Gasteiger partial charge < -0.3 is 10.4 Å². The number of hydrogen-bond donors (Lipinski definition) is 2. The summed E-state index contributed by atoms with van der Waals surface area (Å²) in [5.41, 5.74) is 0.805. The predicted molar refractivity (Wildman–Crippen MR) is 77.7 cm³/mol. The van der Waals surface area contributed by atoms with Crippen LogP contribution in [0.4, 0.5) is 0 Å². The lowest BCUT2D eigenvalue weighted by Gasteiger charge is -2.14. The first-order chi connectivity index (χ1) is 8.54. The summed E-state index contributed by atoms with van der Waals surface area (Å²) in [6.45, 7) is 0.394. The lowest BCUT2D eigenvalue weighted by molar-refractivity contribution is -0.139. The monoisotopic (exact) mass is 307 g/mol. The van der Waals surface area contributed by atoms with Gasteiger partial charge in [0.05, 0.1) is 0 Å². The molecule has 0 aliphatic rings. The Labute approximate surface area is 121 Å². The third-order valence-corrected chi connectivity index (χ3v) is 3.70. The Hall–Kier alpha value is -0.420. The van der Waals surface area contributed by atoms with Gasteiger partial charge in [-0.1, -0.05) is 23.2 Å². The number of carboxylic acids is 1. The van der Waals surface area contributed by atoms with Crippen LogP contribution in [0.1, 0.15) is 12.0 Å². The van der Waals surface area contributed by atoms with Crippen molar-refractivity contribution in [2.24, 2.45) is 0 Å². The predicted octanol–water partition coefficient (Wildman–Crippen LogP) is 3.29. The molecule has 1 aromatic rings. The molecule has 0 aliphatic carbocycles. The second kappa shape index (κ2) is 7.89. The highest BCUT2D eigenvalue weighted by Gasteiger charge is 2.16. The second-order valence-electron chi connectivity index (χ2n) is 3.79. The summed E-state index contributed by atoms with van der Waals surface area (Å²) in [5, 5.41) is 13.2. The van der Waals surface area contributed by atoms with Gasteiger partial charge in [-0.15, -0.1) is 0 Å². The quantitative estimate of drug-likeness (QED) is 0.811. The van der Waals surface area contributed by atoms with Crippen molar-refractivity contribution in [3.63, 3.8) is 0 Å². The molecule has 0 heterocycles. The van der Waals surface area contributed by atoms with E-state index < -0.39 is 12.0 Å². The number of hydrogen-bond acceptors (Lipinski definition) is 3. The molecule has 0 radical (unpaired) electrons. The SMILES string of the molecule is CSCC[C@@H](NCc1cc(Cl)ccc1Cl)C(=O)O. The minimum Gasteiger partial charge on any atom is -0.480 e. The maximum atomic E-state index is 11.0. The zero-order chi connectivity index (χ0) is 13.5. The van der Waals surface area contributed by atoms with E-state index in [4.69, 9.17) is 28.3 Å². The van der Waals surface area contributed by atoms with Crippen molar-refractivity contribution in [2.45, 2.75) is 19.0 Å². The fraction of sp³-hybridized carbons (Fsp3) is 0.417. The summed E-state index contributed by atoms with van der Waals surface area (Å²) in [7, 11) is 0. The third kappa shape index (κ3) is 5.06. The minimum absolute atomic E-state index is 0.394. The van der Waals surface area contributed by atoms with Gasteiger partial charge in [-0.3, -0.25) is 4.79 Å². The van der Waals surface area contributed by atoms with Crippen LogP contribution in [0.5, 0.6) is 0 Å². The first kappa shape index (κ1) is 15.6. The van der Waals surface area contributed by atoms with Crippen LogP contribution in [-0.2, 0) is 11.3 Å². The van der Waals surface area contributed by atoms with Crippen LogP contribution in [0.3, 0.4) is 0 Å². The summed E-state index contributed by atoms with van der Waals surface area (Å²) >= 11 is 13.5. The molecule has 1 rings (SSSR count). The number of nitrogens with one attached hydrogen (secondary N) is 1. The van der Waals surface area contributed by atoms with Gasteiger partial charge in [0.1, 0.15) is 6.04 Å². The number of aliphatic carboxylic acids is 1. The molecule has 100 valence electrons. The normalized spacial score (nSPS) is 12.4. The van der Waals surface area contributed by atoms with Crippen LogP contribution >= 0.6 is 35.0 Å². The first-order valence-electron chi connectivity index (χ1n) is 5.43. The van der Waals surface area contributed by atoms with E-state index in [1.807, 2.05) is 6.26 Å². The molecule has 0 aliphatic heterocycles. The van der Waals surface area contributed by atoms with E-state index in [1.54, 1.807) is 30.0 Å².